The number of benzene rings is 1. The summed E-state index contributed by atoms with van der Waals surface area (Å²) in [7, 11) is 0. The quantitative estimate of drug-likeness (QED) is 0.798. The van der Waals surface area contributed by atoms with Crippen molar-refractivity contribution < 1.29 is 13.6 Å². The average molecular weight is 234 g/mol. The Balaban J connectivity index is 2.85. The van der Waals surface area contributed by atoms with Gasteiger partial charge in [0.1, 0.15) is 17.5 Å². The third-order valence-electron chi connectivity index (χ3n) is 1.92. The van der Waals surface area contributed by atoms with Crippen LogP contribution in [0.15, 0.2) is 18.2 Å². The molecule has 1 rings (SSSR count). The van der Waals surface area contributed by atoms with Gasteiger partial charge in [-0.25, -0.2) is 8.78 Å². The van der Waals surface area contributed by atoms with E-state index in [0.717, 1.165) is 18.2 Å². The molecule has 1 N–H and O–H groups in total. The van der Waals surface area contributed by atoms with Crippen molar-refractivity contribution in [1.82, 2.24) is 5.32 Å². The van der Waals surface area contributed by atoms with Gasteiger partial charge in [0.05, 0.1) is 6.04 Å². The third kappa shape index (κ3) is 3.16. The highest BCUT2D eigenvalue weighted by Crippen LogP contribution is 2.17. The van der Waals surface area contributed by atoms with E-state index < -0.39 is 23.6 Å². The summed E-state index contributed by atoms with van der Waals surface area (Å²) in [5.41, 5.74) is 0.105. The van der Waals surface area contributed by atoms with Crippen molar-refractivity contribution >= 4 is 17.5 Å². The Morgan fingerprint density at radius 1 is 1.53 bits per heavy atom. The Bertz CT molecular complexity index is 370. The second-order valence-corrected chi connectivity index (χ2v) is 3.36. The van der Waals surface area contributed by atoms with Crippen LogP contribution in [0.4, 0.5) is 8.78 Å². The second kappa shape index (κ2) is 5.07. The fourth-order valence-electron chi connectivity index (χ4n) is 1.20. The SMILES string of the molecule is CC(NC(=O)CCl)c1cc(F)ccc1F. The van der Waals surface area contributed by atoms with Crippen LogP contribution in [-0.4, -0.2) is 11.8 Å². The molecule has 1 unspecified atom stereocenters. The summed E-state index contributed by atoms with van der Waals surface area (Å²) < 4.78 is 26.0. The third-order valence-corrected chi connectivity index (χ3v) is 2.17. The number of carbonyl (C=O) groups excluding carboxylic acids is 1. The van der Waals surface area contributed by atoms with Crippen LogP contribution in [0.2, 0.25) is 0 Å². The molecule has 1 amide bonds. The fourth-order valence-corrected chi connectivity index (χ4v) is 1.28. The zero-order valence-electron chi connectivity index (χ0n) is 8.06. The van der Waals surface area contributed by atoms with Crippen LogP contribution < -0.4 is 5.32 Å². The molecule has 0 aliphatic rings. The topological polar surface area (TPSA) is 29.1 Å². The summed E-state index contributed by atoms with van der Waals surface area (Å²) >= 11 is 5.27. The van der Waals surface area contributed by atoms with Crippen LogP contribution in [0.3, 0.4) is 0 Å². The van der Waals surface area contributed by atoms with Gasteiger partial charge >= 0.3 is 0 Å². The van der Waals surface area contributed by atoms with Crippen molar-refractivity contribution in [3.8, 4) is 0 Å². The fraction of sp³-hybridized carbons (Fsp3) is 0.300. The highest BCUT2D eigenvalue weighted by atomic mass is 35.5. The first kappa shape index (κ1) is 11.9. The zero-order valence-corrected chi connectivity index (χ0v) is 8.81. The van der Waals surface area contributed by atoms with Crippen molar-refractivity contribution in [3.63, 3.8) is 0 Å². The Morgan fingerprint density at radius 3 is 2.80 bits per heavy atom. The van der Waals surface area contributed by atoms with Gasteiger partial charge in [-0.2, -0.15) is 0 Å². The molecule has 0 heterocycles. The number of halogens is 3. The number of hydrogen-bond acceptors (Lipinski definition) is 1. The van der Waals surface area contributed by atoms with Crippen molar-refractivity contribution in [2.75, 3.05) is 5.88 Å². The minimum Gasteiger partial charge on any atom is -0.348 e. The van der Waals surface area contributed by atoms with Crippen LogP contribution in [0.5, 0.6) is 0 Å². The van der Waals surface area contributed by atoms with E-state index in [-0.39, 0.29) is 11.4 Å². The first-order valence-electron chi connectivity index (χ1n) is 4.35. The first-order chi connectivity index (χ1) is 7.04. The summed E-state index contributed by atoms with van der Waals surface area (Å²) in [4.78, 5) is 10.9. The normalized spacial score (nSPS) is 12.3. The van der Waals surface area contributed by atoms with Gasteiger partial charge in [0.2, 0.25) is 5.91 Å². The lowest BCUT2D eigenvalue weighted by molar-refractivity contribution is -0.119. The maximum atomic E-state index is 13.2. The summed E-state index contributed by atoms with van der Waals surface area (Å²) in [5.74, 6) is -1.73. The zero-order chi connectivity index (χ0) is 11.4. The van der Waals surface area contributed by atoms with Crippen LogP contribution in [0.1, 0.15) is 18.5 Å². The van der Waals surface area contributed by atoms with Gasteiger partial charge in [0, 0.05) is 5.56 Å². The van der Waals surface area contributed by atoms with E-state index in [1.54, 1.807) is 6.92 Å². The maximum absolute atomic E-state index is 13.2. The number of rotatable bonds is 3. The van der Waals surface area contributed by atoms with Crippen LogP contribution in [0.25, 0.3) is 0 Å². The minimum atomic E-state index is -0.605. The lowest BCUT2D eigenvalue weighted by Crippen LogP contribution is -2.28. The van der Waals surface area contributed by atoms with Crippen molar-refractivity contribution in [1.29, 1.82) is 0 Å². The molecular weight excluding hydrogens is 224 g/mol. The lowest BCUT2D eigenvalue weighted by Gasteiger charge is -2.14. The number of hydrogen-bond donors (Lipinski definition) is 1. The molecule has 0 bridgehead atoms. The van der Waals surface area contributed by atoms with E-state index in [1.807, 2.05) is 0 Å². The van der Waals surface area contributed by atoms with E-state index >= 15 is 0 Å². The Labute approximate surface area is 91.2 Å². The van der Waals surface area contributed by atoms with E-state index in [2.05, 4.69) is 5.32 Å². The summed E-state index contributed by atoms with van der Waals surface area (Å²) in [6.07, 6.45) is 0. The maximum Gasteiger partial charge on any atom is 0.235 e. The van der Waals surface area contributed by atoms with Crippen LogP contribution in [-0.2, 0) is 4.79 Å². The van der Waals surface area contributed by atoms with E-state index in [1.165, 1.54) is 0 Å². The molecule has 15 heavy (non-hydrogen) atoms. The number of carbonyl (C=O) groups is 1. The van der Waals surface area contributed by atoms with E-state index in [0.29, 0.717) is 0 Å². The average Bonchev–Trinajstić information content (AvgIpc) is 2.21. The first-order valence-corrected chi connectivity index (χ1v) is 4.88. The number of alkyl halides is 1. The molecule has 0 aliphatic carbocycles. The van der Waals surface area contributed by atoms with E-state index in [9.17, 15) is 13.6 Å². The Kier molecular flexibility index (Phi) is 4.03. The molecule has 2 nitrogen and oxygen atoms in total. The molecule has 0 saturated carbocycles. The largest absolute Gasteiger partial charge is 0.348 e. The molecule has 0 aromatic heterocycles. The molecule has 5 heteroatoms. The molecule has 1 aromatic carbocycles. The molecule has 0 radical (unpaired) electrons. The monoisotopic (exact) mass is 233 g/mol. The van der Waals surface area contributed by atoms with Crippen molar-refractivity contribution in [2.45, 2.75) is 13.0 Å². The molecule has 0 aliphatic heterocycles. The van der Waals surface area contributed by atoms with Crippen molar-refractivity contribution in [3.05, 3.63) is 35.4 Å². The Hall–Kier alpha value is -1.16. The second-order valence-electron chi connectivity index (χ2n) is 3.09. The summed E-state index contributed by atoms with van der Waals surface area (Å²) in [5, 5.41) is 2.44. The van der Waals surface area contributed by atoms with Gasteiger partial charge in [-0.15, -0.1) is 11.6 Å². The predicted molar refractivity (Wildman–Crippen MR) is 53.6 cm³/mol. The summed E-state index contributed by atoms with van der Waals surface area (Å²) in [6, 6.07) is 2.49. The molecule has 82 valence electrons. The summed E-state index contributed by atoms with van der Waals surface area (Å²) in [6.45, 7) is 1.56. The lowest BCUT2D eigenvalue weighted by atomic mass is 10.1. The molecule has 1 aromatic rings. The van der Waals surface area contributed by atoms with Gasteiger partial charge in [0.15, 0.2) is 0 Å². The highest BCUT2D eigenvalue weighted by molar-refractivity contribution is 6.27. The molecular formula is C10H10ClF2NO. The van der Waals surface area contributed by atoms with Gasteiger partial charge in [-0.1, -0.05) is 0 Å². The highest BCUT2D eigenvalue weighted by Gasteiger charge is 2.13. The number of amides is 1. The molecule has 0 fully saturated rings. The van der Waals surface area contributed by atoms with Crippen LogP contribution in [0, 0.1) is 11.6 Å². The van der Waals surface area contributed by atoms with Gasteiger partial charge in [0.25, 0.3) is 0 Å². The molecule has 1 atom stereocenters. The number of nitrogens with one attached hydrogen (secondary N) is 1. The van der Waals surface area contributed by atoms with E-state index in [4.69, 9.17) is 11.6 Å². The van der Waals surface area contributed by atoms with Crippen LogP contribution >= 0.6 is 11.6 Å². The predicted octanol–water partition coefficient (Wildman–Crippen LogP) is 2.38. The van der Waals surface area contributed by atoms with Gasteiger partial charge in [-0.05, 0) is 25.1 Å². The molecule has 0 spiro atoms. The van der Waals surface area contributed by atoms with Gasteiger partial charge in [-0.3, -0.25) is 4.79 Å². The van der Waals surface area contributed by atoms with Crippen molar-refractivity contribution in [2.24, 2.45) is 0 Å². The smallest absolute Gasteiger partial charge is 0.235 e. The minimum absolute atomic E-state index is 0.105. The Morgan fingerprint density at radius 2 is 2.20 bits per heavy atom. The van der Waals surface area contributed by atoms with Gasteiger partial charge < -0.3 is 5.32 Å². The molecule has 0 saturated heterocycles. The standard InChI is InChI=1S/C10H10ClF2NO/c1-6(14-10(15)5-11)8-4-7(12)2-3-9(8)13/h2-4,6H,5H2,1H3,(H,14,15).